The van der Waals surface area contributed by atoms with E-state index in [-0.39, 0.29) is 6.04 Å². The average molecular weight is 372 g/mol. The second kappa shape index (κ2) is 7.38. The molecule has 0 saturated heterocycles. The second-order valence-electron chi connectivity index (χ2n) is 5.08. The van der Waals surface area contributed by atoms with Gasteiger partial charge in [-0.05, 0) is 48.0 Å². The maximum absolute atomic E-state index is 5.93. The van der Waals surface area contributed by atoms with Crippen molar-refractivity contribution in [3.8, 4) is 0 Å². The monoisotopic (exact) mass is 370 g/mol. The Morgan fingerprint density at radius 1 is 1.43 bits per heavy atom. The van der Waals surface area contributed by atoms with E-state index in [2.05, 4.69) is 38.3 Å². The molecule has 0 saturated carbocycles. The third-order valence-electron chi connectivity index (χ3n) is 3.41. The van der Waals surface area contributed by atoms with Crippen molar-refractivity contribution in [2.24, 2.45) is 7.05 Å². The number of hydrogen-bond acceptors (Lipinski definition) is 3. The van der Waals surface area contributed by atoms with Crippen LogP contribution in [0.4, 0.5) is 0 Å². The smallest absolute Gasteiger partial charge is 0.0738 e. The molecule has 0 fully saturated rings. The summed E-state index contributed by atoms with van der Waals surface area (Å²) in [6.45, 7) is 5.11. The van der Waals surface area contributed by atoms with Gasteiger partial charge < -0.3 is 5.32 Å². The lowest BCUT2D eigenvalue weighted by Gasteiger charge is -2.18. The van der Waals surface area contributed by atoms with E-state index in [9.17, 15) is 0 Å². The number of aromatic nitrogens is 3. The fourth-order valence-corrected chi connectivity index (χ4v) is 2.90. The zero-order valence-corrected chi connectivity index (χ0v) is 14.9. The first kappa shape index (κ1) is 16.5. The second-order valence-corrected chi connectivity index (χ2v) is 6.31. The molecular weight excluding hydrogens is 352 g/mol. The third kappa shape index (κ3) is 4.05. The predicted octanol–water partition coefficient (Wildman–Crippen LogP) is 3.82. The van der Waals surface area contributed by atoms with Crippen LogP contribution < -0.4 is 5.32 Å². The number of nitrogens with one attached hydrogen (secondary N) is 1. The Bertz CT molecular complexity index is 594. The van der Waals surface area contributed by atoms with Crippen LogP contribution in [-0.2, 0) is 13.5 Å². The molecule has 2 heterocycles. The van der Waals surface area contributed by atoms with E-state index in [4.69, 9.17) is 11.6 Å². The molecule has 0 aromatic carbocycles. The van der Waals surface area contributed by atoms with Crippen LogP contribution in [0.15, 0.2) is 22.8 Å². The van der Waals surface area contributed by atoms with E-state index in [0.717, 1.165) is 40.9 Å². The van der Waals surface area contributed by atoms with Gasteiger partial charge in [-0.3, -0.25) is 9.67 Å². The molecule has 6 heteroatoms. The molecule has 2 aromatic heterocycles. The van der Waals surface area contributed by atoms with Crippen LogP contribution in [0.3, 0.4) is 0 Å². The number of rotatable bonds is 6. The van der Waals surface area contributed by atoms with Crippen molar-refractivity contribution >= 4 is 27.5 Å². The van der Waals surface area contributed by atoms with Gasteiger partial charge in [0.15, 0.2) is 0 Å². The average Bonchev–Trinajstić information content (AvgIpc) is 2.70. The van der Waals surface area contributed by atoms with Crippen molar-refractivity contribution < 1.29 is 0 Å². The molecule has 0 aliphatic heterocycles. The highest BCUT2D eigenvalue weighted by molar-refractivity contribution is 9.10. The Balaban J connectivity index is 2.25. The molecule has 2 aromatic rings. The maximum Gasteiger partial charge on any atom is 0.0738 e. The zero-order valence-electron chi connectivity index (χ0n) is 12.5. The molecule has 21 heavy (non-hydrogen) atoms. The topological polar surface area (TPSA) is 42.7 Å². The maximum atomic E-state index is 5.93. The molecule has 0 radical (unpaired) electrons. The number of halogens is 2. The minimum atomic E-state index is 0.147. The summed E-state index contributed by atoms with van der Waals surface area (Å²) >= 11 is 9.56. The standard InChI is InChI=1S/C15H20BrClN4/c1-4-7-18-13(12-6-5-11(17)9-19-12)8-14-15(16)10(2)20-21(14)3/h5-6,9,13,18H,4,7-8H2,1-3H3. The van der Waals surface area contributed by atoms with E-state index >= 15 is 0 Å². The molecule has 0 amide bonds. The van der Waals surface area contributed by atoms with Crippen LogP contribution in [0, 0.1) is 6.92 Å². The Labute approximate surface area is 139 Å². The van der Waals surface area contributed by atoms with E-state index in [1.807, 2.05) is 30.8 Å². The van der Waals surface area contributed by atoms with Gasteiger partial charge in [-0.2, -0.15) is 5.10 Å². The quantitative estimate of drug-likeness (QED) is 0.839. The summed E-state index contributed by atoms with van der Waals surface area (Å²) < 4.78 is 3.00. The number of hydrogen-bond donors (Lipinski definition) is 1. The first-order valence-electron chi connectivity index (χ1n) is 7.05. The van der Waals surface area contributed by atoms with Gasteiger partial charge in [-0.25, -0.2) is 0 Å². The minimum absolute atomic E-state index is 0.147. The molecule has 4 nitrogen and oxygen atoms in total. The van der Waals surface area contributed by atoms with Gasteiger partial charge in [0.05, 0.1) is 32.6 Å². The molecule has 0 aliphatic rings. The number of aryl methyl sites for hydroxylation is 2. The fourth-order valence-electron chi connectivity index (χ4n) is 2.29. The van der Waals surface area contributed by atoms with E-state index < -0.39 is 0 Å². The van der Waals surface area contributed by atoms with Gasteiger partial charge in [0.2, 0.25) is 0 Å². The summed E-state index contributed by atoms with van der Waals surface area (Å²) in [5, 5.41) is 8.66. The lowest BCUT2D eigenvalue weighted by molar-refractivity contribution is 0.501. The van der Waals surface area contributed by atoms with Gasteiger partial charge in [0.1, 0.15) is 0 Å². The van der Waals surface area contributed by atoms with E-state index in [0.29, 0.717) is 5.02 Å². The van der Waals surface area contributed by atoms with E-state index in [1.54, 1.807) is 6.20 Å². The van der Waals surface area contributed by atoms with Crippen molar-refractivity contribution in [1.82, 2.24) is 20.1 Å². The molecule has 114 valence electrons. The lowest BCUT2D eigenvalue weighted by atomic mass is 10.1. The molecule has 1 unspecified atom stereocenters. The van der Waals surface area contributed by atoms with Gasteiger partial charge in [0, 0.05) is 19.7 Å². The van der Waals surface area contributed by atoms with Crippen molar-refractivity contribution in [2.75, 3.05) is 6.54 Å². The van der Waals surface area contributed by atoms with Crippen molar-refractivity contribution in [3.05, 3.63) is 44.9 Å². The van der Waals surface area contributed by atoms with Crippen LogP contribution in [0.25, 0.3) is 0 Å². The van der Waals surface area contributed by atoms with Gasteiger partial charge in [-0.15, -0.1) is 0 Å². The highest BCUT2D eigenvalue weighted by atomic mass is 79.9. The highest BCUT2D eigenvalue weighted by Gasteiger charge is 2.18. The third-order valence-corrected chi connectivity index (χ3v) is 4.66. The summed E-state index contributed by atoms with van der Waals surface area (Å²) in [6.07, 6.45) is 3.60. The molecule has 1 N–H and O–H groups in total. The van der Waals surface area contributed by atoms with Crippen LogP contribution in [0.5, 0.6) is 0 Å². The van der Waals surface area contributed by atoms with Crippen molar-refractivity contribution in [2.45, 2.75) is 32.7 Å². The number of pyridine rings is 1. The predicted molar refractivity (Wildman–Crippen MR) is 89.6 cm³/mol. The van der Waals surface area contributed by atoms with Crippen LogP contribution in [0.1, 0.15) is 36.5 Å². The Morgan fingerprint density at radius 3 is 2.71 bits per heavy atom. The Morgan fingerprint density at radius 2 is 2.19 bits per heavy atom. The first-order valence-corrected chi connectivity index (χ1v) is 8.22. The Kier molecular flexibility index (Phi) is 5.79. The van der Waals surface area contributed by atoms with Gasteiger partial charge in [0.25, 0.3) is 0 Å². The summed E-state index contributed by atoms with van der Waals surface area (Å²) in [6, 6.07) is 4.01. The SMILES string of the molecule is CCCNC(Cc1c(Br)c(C)nn1C)c1ccc(Cl)cn1. The van der Waals surface area contributed by atoms with Crippen LogP contribution >= 0.6 is 27.5 Å². The molecule has 0 spiro atoms. The molecule has 1 atom stereocenters. The van der Waals surface area contributed by atoms with Crippen molar-refractivity contribution in [3.63, 3.8) is 0 Å². The fraction of sp³-hybridized carbons (Fsp3) is 0.467. The minimum Gasteiger partial charge on any atom is -0.308 e. The summed E-state index contributed by atoms with van der Waals surface area (Å²) in [7, 11) is 1.97. The lowest BCUT2D eigenvalue weighted by Crippen LogP contribution is -2.25. The number of nitrogens with zero attached hydrogens (tertiary/aromatic N) is 3. The summed E-state index contributed by atoms with van der Waals surface area (Å²) in [4.78, 5) is 4.45. The Hall–Kier alpha value is -0.910. The van der Waals surface area contributed by atoms with Gasteiger partial charge >= 0.3 is 0 Å². The van der Waals surface area contributed by atoms with Crippen LogP contribution in [-0.4, -0.2) is 21.3 Å². The van der Waals surface area contributed by atoms with Gasteiger partial charge in [-0.1, -0.05) is 18.5 Å². The summed E-state index contributed by atoms with van der Waals surface area (Å²) in [5.74, 6) is 0. The molecule has 0 aliphatic carbocycles. The molecular formula is C15H20BrClN4. The van der Waals surface area contributed by atoms with Crippen LogP contribution in [0.2, 0.25) is 5.02 Å². The first-order chi connectivity index (χ1) is 10.0. The zero-order chi connectivity index (χ0) is 15.4. The molecule has 0 bridgehead atoms. The largest absolute Gasteiger partial charge is 0.308 e. The highest BCUT2D eigenvalue weighted by Crippen LogP contribution is 2.25. The van der Waals surface area contributed by atoms with E-state index in [1.165, 1.54) is 0 Å². The normalized spacial score (nSPS) is 12.6. The van der Waals surface area contributed by atoms with Crippen molar-refractivity contribution in [1.29, 1.82) is 0 Å². The molecule has 2 rings (SSSR count). The summed E-state index contributed by atoms with van der Waals surface area (Å²) in [5.41, 5.74) is 3.17.